The summed E-state index contributed by atoms with van der Waals surface area (Å²) in [6, 6.07) is 16.1. The number of hydrogen-bond acceptors (Lipinski definition) is 10. The summed E-state index contributed by atoms with van der Waals surface area (Å²) in [7, 11) is 0. The number of allylic oxidation sites excluding steroid dienone is 1. The van der Waals surface area contributed by atoms with E-state index < -0.39 is 12.1 Å². The second-order valence-electron chi connectivity index (χ2n) is 10.9. The molecule has 4 aromatic rings. The summed E-state index contributed by atoms with van der Waals surface area (Å²) in [5.74, 6) is -1.68. The first-order valence-electron chi connectivity index (χ1n) is 14.9. The molecule has 4 heterocycles. The average Bonchev–Trinajstić information content (AvgIpc) is 3.06. The molecule has 2 aromatic heterocycles. The fourth-order valence-electron chi connectivity index (χ4n) is 5.70. The summed E-state index contributed by atoms with van der Waals surface area (Å²) in [5.41, 5.74) is 3.23. The number of fused-ring (bicyclic) bond motifs is 2. The van der Waals surface area contributed by atoms with E-state index >= 15 is 0 Å². The van der Waals surface area contributed by atoms with Crippen molar-refractivity contribution >= 4 is 34.5 Å². The molecular weight excluding hydrogens is 601 g/mol. The van der Waals surface area contributed by atoms with Gasteiger partial charge in [0, 0.05) is 79.9 Å². The third kappa shape index (κ3) is 7.03. The smallest absolute Gasteiger partial charge is 0.463 e. The number of nitrogens with zero attached hydrogens (tertiary/aromatic N) is 6. The van der Waals surface area contributed by atoms with Crippen LogP contribution < -0.4 is 19.3 Å². The Morgan fingerprint density at radius 1 is 0.957 bits per heavy atom. The third-order valence-electron chi connectivity index (χ3n) is 7.92. The largest absolute Gasteiger partial charge is 0.491 e. The molecule has 0 amide bonds. The average molecular weight is 633 g/mol. The van der Waals surface area contributed by atoms with Gasteiger partial charge in [0.2, 0.25) is 0 Å². The van der Waals surface area contributed by atoms with Gasteiger partial charge in [0.1, 0.15) is 17.9 Å². The molecule has 0 bridgehead atoms. The summed E-state index contributed by atoms with van der Waals surface area (Å²) >= 11 is 0. The minimum atomic E-state index is -5.12. The van der Waals surface area contributed by atoms with Gasteiger partial charge in [-0.05, 0) is 36.1 Å². The number of aromatic nitrogens is 3. The minimum Gasteiger partial charge on any atom is -0.463 e. The number of rotatable bonds is 9. The molecule has 238 valence electrons. The zero-order valence-corrected chi connectivity index (χ0v) is 24.8. The van der Waals surface area contributed by atoms with Gasteiger partial charge in [-0.2, -0.15) is 23.1 Å². The van der Waals surface area contributed by atoms with Gasteiger partial charge in [0.05, 0.1) is 18.8 Å². The van der Waals surface area contributed by atoms with Crippen LogP contribution in [0.2, 0.25) is 0 Å². The number of halogens is 3. The Bertz CT molecular complexity index is 1740. The second kappa shape index (κ2) is 13.4. The zero-order chi connectivity index (χ0) is 32.1. The number of hydrogen-bond donors (Lipinski definition) is 0. The second-order valence-corrected chi connectivity index (χ2v) is 10.9. The van der Waals surface area contributed by atoms with Crippen molar-refractivity contribution in [2.45, 2.75) is 25.6 Å². The van der Waals surface area contributed by atoms with Gasteiger partial charge < -0.3 is 24.2 Å². The maximum absolute atomic E-state index is 13.0. The zero-order valence-electron chi connectivity index (χ0n) is 24.8. The molecule has 1 fully saturated rings. The Hall–Kier alpha value is -5.20. The Kier molecular flexibility index (Phi) is 8.99. The van der Waals surface area contributed by atoms with Crippen LogP contribution in [0.3, 0.4) is 0 Å². The fourth-order valence-corrected chi connectivity index (χ4v) is 5.70. The molecule has 46 heavy (non-hydrogen) atoms. The van der Waals surface area contributed by atoms with Crippen molar-refractivity contribution in [3.05, 3.63) is 90.0 Å². The van der Waals surface area contributed by atoms with Gasteiger partial charge in [0.25, 0.3) is 0 Å². The van der Waals surface area contributed by atoms with Crippen LogP contribution in [0.1, 0.15) is 17.0 Å². The summed E-state index contributed by atoms with van der Waals surface area (Å²) in [6.07, 6.45) is 1.77. The summed E-state index contributed by atoms with van der Waals surface area (Å²) in [6.45, 7) is 3.97. The number of esters is 1. The molecule has 6 rings (SSSR count). The van der Waals surface area contributed by atoms with Crippen LogP contribution >= 0.6 is 0 Å². The lowest BCUT2D eigenvalue weighted by atomic mass is 10.0. The third-order valence-corrected chi connectivity index (χ3v) is 7.92. The van der Waals surface area contributed by atoms with Gasteiger partial charge >= 0.3 is 18.2 Å². The maximum atomic E-state index is 13.0. The number of pyridine rings is 1. The minimum absolute atomic E-state index is 0.190. The first-order chi connectivity index (χ1) is 22.3. The number of aldehydes is 1. The topological polar surface area (TPSA) is 101 Å². The Balaban J connectivity index is 1.30. The standard InChI is InChI=1S/C33H31F3N6O4/c34-33(35,36)31(44)46-25-20-23-6-1-2-8-26(23)29(21-25)42-13-9-27-28(22-42)38-32(45-19-10-24-7-3-4-11-37-24)39-30(27)41-16-14-40(15-17-41)12-5-18-43/h1-8,11-12,18,20-21H,9-10,13-17,19,22H2. The molecule has 0 aliphatic carbocycles. The highest BCUT2D eigenvalue weighted by atomic mass is 19.4. The first-order valence-corrected chi connectivity index (χ1v) is 14.9. The van der Waals surface area contributed by atoms with Crippen LogP contribution in [0.4, 0.5) is 24.7 Å². The first kappa shape index (κ1) is 30.8. The molecule has 10 nitrogen and oxygen atoms in total. The summed E-state index contributed by atoms with van der Waals surface area (Å²) < 4.78 is 49.9. The lowest BCUT2D eigenvalue weighted by Crippen LogP contribution is -2.45. The van der Waals surface area contributed by atoms with E-state index in [0.29, 0.717) is 69.8 Å². The Morgan fingerprint density at radius 2 is 1.76 bits per heavy atom. The molecule has 1 saturated heterocycles. The van der Waals surface area contributed by atoms with Gasteiger partial charge in [-0.15, -0.1) is 0 Å². The van der Waals surface area contributed by atoms with E-state index in [1.54, 1.807) is 24.5 Å². The highest BCUT2D eigenvalue weighted by Gasteiger charge is 2.41. The number of alkyl halides is 3. The van der Waals surface area contributed by atoms with E-state index in [1.165, 1.54) is 18.2 Å². The van der Waals surface area contributed by atoms with Gasteiger partial charge in [0.15, 0.2) is 0 Å². The molecule has 0 spiro atoms. The normalized spacial score (nSPS) is 15.2. The van der Waals surface area contributed by atoms with Crippen LogP contribution in [0.25, 0.3) is 10.8 Å². The fraction of sp³-hybridized carbons (Fsp3) is 0.303. The SMILES string of the molecule is O=CC=CN1CCN(c2nc(OCCc3ccccn3)nc3c2CCN(c2cc(OC(=O)C(F)(F)F)cc4ccccc24)C3)CC1. The maximum Gasteiger partial charge on any atom is 0.491 e. The van der Waals surface area contributed by atoms with Crippen molar-refractivity contribution in [2.75, 3.05) is 49.1 Å². The van der Waals surface area contributed by atoms with Gasteiger partial charge in [-0.25, -0.2) is 4.79 Å². The molecule has 0 atom stereocenters. The van der Waals surface area contributed by atoms with Crippen molar-refractivity contribution in [1.82, 2.24) is 19.9 Å². The van der Waals surface area contributed by atoms with Gasteiger partial charge in [-0.3, -0.25) is 9.78 Å². The highest BCUT2D eigenvalue weighted by molar-refractivity contribution is 5.96. The number of piperazine rings is 1. The van der Waals surface area contributed by atoms with E-state index in [9.17, 15) is 22.8 Å². The van der Waals surface area contributed by atoms with E-state index in [0.717, 1.165) is 34.4 Å². The van der Waals surface area contributed by atoms with Crippen LogP contribution in [0.15, 0.2) is 73.1 Å². The van der Waals surface area contributed by atoms with Crippen molar-refractivity contribution < 1.29 is 32.2 Å². The number of carbonyl (C=O) groups excluding carboxylic acids is 2. The Morgan fingerprint density at radius 3 is 2.52 bits per heavy atom. The van der Waals surface area contributed by atoms with E-state index in [2.05, 4.69) is 14.8 Å². The highest BCUT2D eigenvalue weighted by Crippen LogP contribution is 2.37. The van der Waals surface area contributed by atoms with Crippen LogP contribution in [0, 0.1) is 0 Å². The lowest BCUT2D eigenvalue weighted by molar-refractivity contribution is -0.189. The number of benzene rings is 2. The molecule has 2 aliphatic heterocycles. The van der Waals surface area contributed by atoms with Crippen LogP contribution in [-0.4, -0.2) is 77.6 Å². The number of ether oxygens (including phenoxy) is 2. The summed E-state index contributed by atoms with van der Waals surface area (Å²) in [5, 5.41) is 1.44. The van der Waals surface area contributed by atoms with E-state index in [1.807, 2.05) is 35.2 Å². The predicted octanol–water partition coefficient (Wildman–Crippen LogP) is 4.51. The molecular formula is C33H31F3N6O4. The molecule has 0 unspecified atom stereocenters. The monoisotopic (exact) mass is 632 g/mol. The summed E-state index contributed by atoms with van der Waals surface area (Å²) in [4.78, 5) is 42.7. The van der Waals surface area contributed by atoms with E-state index in [4.69, 9.17) is 19.4 Å². The number of carbonyl (C=O) groups is 2. The lowest BCUT2D eigenvalue weighted by Gasteiger charge is -2.38. The van der Waals surface area contributed by atoms with Crippen molar-refractivity contribution in [3.63, 3.8) is 0 Å². The van der Waals surface area contributed by atoms with Crippen molar-refractivity contribution in [1.29, 1.82) is 0 Å². The van der Waals surface area contributed by atoms with Crippen LogP contribution in [0.5, 0.6) is 11.8 Å². The van der Waals surface area contributed by atoms with Crippen LogP contribution in [-0.2, 0) is 29.0 Å². The van der Waals surface area contributed by atoms with Crippen molar-refractivity contribution in [3.8, 4) is 11.8 Å². The molecule has 0 radical (unpaired) electrons. The predicted molar refractivity (Wildman–Crippen MR) is 165 cm³/mol. The molecule has 0 saturated carbocycles. The molecule has 2 aliphatic rings. The molecule has 13 heteroatoms. The van der Waals surface area contributed by atoms with Gasteiger partial charge in [-0.1, -0.05) is 30.3 Å². The van der Waals surface area contributed by atoms with E-state index in [-0.39, 0.29) is 11.8 Å². The molecule has 0 N–H and O–H groups in total. The quantitative estimate of drug-likeness (QED) is 0.113. The Labute approximate surface area is 263 Å². The van der Waals surface area contributed by atoms with Crippen molar-refractivity contribution in [2.24, 2.45) is 0 Å². The number of anilines is 2. The molecule has 2 aromatic carbocycles.